The molecule has 13 heavy (non-hydrogen) atoms. The topological polar surface area (TPSA) is 59.1 Å². The number of carbonyl (C=O) groups excluding carboxylic acids is 2. The number of pyridine rings is 1. The molecule has 1 aliphatic rings. The number of nitrogens with zero attached hydrogens (tertiary/aromatic N) is 1. The maximum atomic E-state index is 10.9. The van der Waals surface area contributed by atoms with Crippen molar-refractivity contribution in [2.45, 2.75) is 12.5 Å². The number of Topliss-reactive ketones (excluding diaryl/α,β-unsaturated/α-hetero) is 2. The Labute approximate surface area is 75.0 Å². The second-order valence-electron chi connectivity index (χ2n) is 2.92. The van der Waals surface area contributed by atoms with E-state index in [1.165, 1.54) is 0 Å². The van der Waals surface area contributed by atoms with Gasteiger partial charge in [-0.1, -0.05) is 0 Å². The molecule has 0 aromatic carbocycles. The Morgan fingerprint density at radius 1 is 1.31 bits per heavy atom. The minimum absolute atomic E-state index is 0.286. The van der Waals surface area contributed by atoms with Crippen LogP contribution in [0.25, 0.3) is 0 Å². The van der Waals surface area contributed by atoms with E-state index in [0.717, 1.165) is 5.69 Å². The van der Waals surface area contributed by atoms with Crippen molar-refractivity contribution in [2.75, 3.05) is 5.32 Å². The van der Waals surface area contributed by atoms with Crippen molar-refractivity contribution in [3.05, 3.63) is 24.5 Å². The highest BCUT2D eigenvalue weighted by Crippen LogP contribution is 2.16. The maximum absolute atomic E-state index is 10.9. The second-order valence-corrected chi connectivity index (χ2v) is 2.92. The summed E-state index contributed by atoms with van der Waals surface area (Å²) in [5, 5.41) is 2.95. The van der Waals surface area contributed by atoms with E-state index in [1.54, 1.807) is 24.5 Å². The van der Waals surface area contributed by atoms with E-state index in [2.05, 4.69) is 10.3 Å². The molecule has 1 N–H and O–H groups in total. The lowest BCUT2D eigenvalue weighted by atomic mass is 9.89. The summed E-state index contributed by atoms with van der Waals surface area (Å²) in [5.41, 5.74) is 0.820. The fourth-order valence-corrected chi connectivity index (χ4v) is 1.21. The smallest absolute Gasteiger partial charge is 0.221 e. The van der Waals surface area contributed by atoms with E-state index in [0.29, 0.717) is 6.42 Å². The summed E-state index contributed by atoms with van der Waals surface area (Å²) in [7, 11) is 0. The van der Waals surface area contributed by atoms with Gasteiger partial charge in [0.1, 0.15) is 6.04 Å². The molecule has 1 atom stereocenters. The summed E-state index contributed by atoms with van der Waals surface area (Å²) in [5.74, 6) is -0.608. The van der Waals surface area contributed by atoms with Crippen molar-refractivity contribution in [3.63, 3.8) is 0 Å². The molecule has 0 spiro atoms. The summed E-state index contributed by atoms with van der Waals surface area (Å²) >= 11 is 0. The zero-order valence-electron chi connectivity index (χ0n) is 6.86. The molecule has 1 heterocycles. The largest absolute Gasteiger partial charge is 0.374 e. The van der Waals surface area contributed by atoms with Gasteiger partial charge in [0.15, 0.2) is 0 Å². The molecule has 0 bridgehead atoms. The van der Waals surface area contributed by atoms with Gasteiger partial charge in [-0.25, -0.2) is 0 Å². The van der Waals surface area contributed by atoms with Crippen molar-refractivity contribution in [1.29, 1.82) is 0 Å². The average molecular weight is 176 g/mol. The van der Waals surface area contributed by atoms with Gasteiger partial charge in [0, 0.05) is 24.5 Å². The molecule has 0 aliphatic heterocycles. The van der Waals surface area contributed by atoms with E-state index < -0.39 is 0 Å². The third-order valence-corrected chi connectivity index (χ3v) is 2.00. The maximum Gasteiger partial charge on any atom is 0.221 e. The van der Waals surface area contributed by atoms with Gasteiger partial charge < -0.3 is 5.32 Å². The predicted molar refractivity (Wildman–Crippen MR) is 46.3 cm³/mol. The van der Waals surface area contributed by atoms with Gasteiger partial charge in [0.05, 0.1) is 0 Å². The SMILES string of the molecule is O=C1CC(Nc2ccncc2)C1=O. The Kier molecular flexibility index (Phi) is 1.81. The molecule has 1 fully saturated rings. The summed E-state index contributed by atoms with van der Waals surface area (Å²) in [6.07, 6.45) is 3.57. The Balaban J connectivity index is 2.01. The van der Waals surface area contributed by atoms with Crippen LogP contribution in [-0.2, 0) is 9.59 Å². The van der Waals surface area contributed by atoms with Crippen LogP contribution in [0.4, 0.5) is 5.69 Å². The standard InChI is InChI=1S/C9H8N2O2/c12-8-5-7(9(8)13)11-6-1-3-10-4-2-6/h1-4,7H,5H2,(H,10,11). The first-order chi connectivity index (χ1) is 6.27. The third-order valence-electron chi connectivity index (χ3n) is 2.00. The van der Waals surface area contributed by atoms with Crippen molar-refractivity contribution in [2.24, 2.45) is 0 Å². The van der Waals surface area contributed by atoms with Gasteiger partial charge in [-0.3, -0.25) is 14.6 Å². The van der Waals surface area contributed by atoms with Crippen molar-refractivity contribution < 1.29 is 9.59 Å². The highest BCUT2D eigenvalue weighted by molar-refractivity contribution is 6.46. The third kappa shape index (κ3) is 1.42. The number of hydrogen-bond acceptors (Lipinski definition) is 4. The Hall–Kier alpha value is -1.71. The fourth-order valence-electron chi connectivity index (χ4n) is 1.21. The first-order valence-electron chi connectivity index (χ1n) is 4.01. The average Bonchev–Trinajstić information content (AvgIpc) is 2.19. The molecular formula is C9H8N2O2. The first kappa shape index (κ1) is 7.91. The summed E-state index contributed by atoms with van der Waals surface area (Å²) in [6.45, 7) is 0. The van der Waals surface area contributed by atoms with Gasteiger partial charge in [-0.2, -0.15) is 0 Å². The van der Waals surface area contributed by atoms with Crippen LogP contribution in [0.2, 0.25) is 0 Å². The number of carbonyl (C=O) groups is 2. The Bertz CT molecular complexity index is 348. The summed E-state index contributed by atoms with van der Waals surface area (Å²) in [6, 6.07) is 3.20. The van der Waals surface area contributed by atoms with Crippen molar-refractivity contribution in [3.8, 4) is 0 Å². The Morgan fingerprint density at radius 3 is 2.54 bits per heavy atom. The minimum atomic E-state index is -0.324. The molecule has 0 amide bonds. The van der Waals surface area contributed by atoms with Crippen LogP contribution in [-0.4, -0.2) is 22.6 Å². The lowest BCUT2D eigenvalue weighted by Gasteiger charge is -2.24. The zero-order valence-corrected chi connectivity index (χ0v) is 6.86. The van der Waals surface area contributed by atoms with Gasteiger partial charge in [0.25, 0.3) is 0 Å². The number of aromatic nitrogens is 1. The number of ketones is 2. The van der Waals surface area contributed by atoms with Crippen LogP contribution in [0.15, 0.2) is 24.5 Å². The summed E-state index contributed by atoms with van der Waals surface area (Å²) < 4.78 is 0. The molecule has 0 saturated heterocycles. The highest BCUT2D eigenvalue weighted by Gasteiger charge is 2.37. The second kappa shape index (κ2) is 2.97. The van der Waals surface area contributed by atoms with Gasteiger partial charge >= 0.3 is 0 Å². The van der Waals surface area contributed by atoms with Gasteiger partial charge in [-0.05, 0) is 12.1 Å². The Morgan fingerprint density at radius 2 is 2.00 bits per heavy atom. The highest BCUT2D eigenvalue weighted by atomic mass is 16.2. The van der Waals surface area contributed by atoms with E-state index in [-0.39, 0.29) is 17.6 Å². The quantitative estimate of drug-likeness (QED) is 0.663. The van der Waals surface area contributed by atoms with Crippen molar-refractivity contribution >= 4 is 17.3 Å². The molecule has 1 saturated carbocycles. The van der Waals surface area contributed by atoms with Gasteiger partial charge in [-0.15, -0.1) is 0 Å². The number of anilines is 1. The molecule has 1 aliphatic carbocycles. The minimum Gasteiger partial charge on any atom is -0.374 e. The van der Waals surface area contributed by atoms with Crippen LogP contribution < -0.4 is 5.32 Å². The zero-order chi connectivity index (χ0) is 9.26. The van der Waals surface area contributed by atoms with Crippen LogP contribution in [0.1, 0.15) is 6.42 Å². The first-order valence-corrected chi connectivity index (χ1v) is 4.01. The van der Waals surface area contributed by atoms with E-state index in [4.69, 9.17) is 0 Å². The molecule has 66 valence electrons. The molecule has 1 aromatic heterocycles. The van der Waals surface area contributed by atoms with Crippen LogP contribution in [0.3, 0.4) is 0 Å². The van der Waals surface area contributed by atoms with Crippen LogP contribution in [0.5, 0.6) is 0 Å². The number of nitrogens with one attached hydrogen (secondary N) is 1. The normalized spacial score (nSPS) is 21.1. The number of hydrogen-bond donors (Lipinski definition) is 1. The molecule has 0 radical (unpaired) electrons. The molecular weight excluding hydrogens is 168 g/mol. The lowest BCUT2D eigenvalue weighted by molar-refractivity contribution is -0.143. The summed E-state index contributed by atoms with van der Waals surface area (Å²) in [4.78, 5) is 25.4. The van der Waals surface area contributed by atoms with E-state index in [1.807, 2.05) is 0 Å². The molecule has 2 rings (SSSR count). The fraction of sp³-hybridized carbons (Fsp3) is 0.222. The van der Waals surface area contributed by atoms with E-state index >= 15 is 0 Å². The molecule has 1 aromatic rings. The molecule has 1 unspecified atom stereocenters. The predicted octanol–water partition coefficient (Wildman–Crippen LogP) is 0.404. The molecule has 4 heteroatoms. The van der Waals surface area contributed by atoms with E-state index in [9.17, 15) is 9.59 Å². The van der Waals surface area contributed by atoms with Crippen LogP contribution >= 0.6 is 0 Å². The van der Waals surface area contributed by atoms with Gasteiger partial charge in [0.2, 0.25) is 11.6 Å². The monoisotopic (exact) mass is 176 g/mol. The van der Waals surface area contributed by atoms with Crippen LogP contribution in [0, 0.1) is 0 Å². The van der Waals surface area contributed by atoms with Crippen molar-refractivity contribution in [1.82, 2.24) is 4.98 Å². The lowest BCUT2D eigenvalue weighted by Crippen LogP contribution is -2.47. The number of rotatable bonds is 2. The molecule has 4 nitrogen and oxygen atoms in total.